The van der Waals surface area contributed by atoms with Crippen molar-refractivity contribution in [1.82, 2.24) is 9.38 Å². The number of anilines is 1. The van der Waals surface area contributed by atoms with Gasteiger partial charge in [-0.25, -0.2) is 4.98 Å². The van der Waals surface area contributed by atoms with Gasteiger partial charge in [0.1, 0.15) is 5.65 Å². The number of aryl methyl sites for hydroxylation is 2. The number of rotatable bonds is 2. The number of benzene rings is 1. The Hall–Kier alpha value is -2.62. The number of hydrogen-bond acceptors (Lipinski definition) is 3. The molecule has 0 radical (unpaired) electrons. The zero-order valence-corrected chi connectivity index (χ0v) is 13.2. The lowest BCUT2D eigenvalue weighted by Crippen LogP contribution is -2.30. The molecular weight excluding hydrogens is 286 g/mol. The van der Waals surface area contributed by atoms with E-state index in [0.29, 0.717) is 12.2 Å². The molecule has 0 saturated carbocycles. The zero-order chi connectivity index (χ0) is 15.8. The molecule has 3 heterocycles. The molecule has 4 rings (SSSR count). The van der Waals surface area contributed by atoms with E-state index in [1.165, 1.54) is 11.3 Å². The van der Waals surface area contributed by atoms with Gasteiger partial charge in [0, 0.05) is 24.5 Å². The fourth-order valence-electron chi connectivity index (χ4n) is 3.31. The smallest absolute Gasteiger partial charge is 0.258 e. The second-order valence-electron chi connectivity index (χ2n) is 6.17. The first-order valence-electron chi connectivity index (χ1n) is 8.02. The standard InChI is InChI=1S/C19H19N3O/c1-14-8-9-18-20-16(11-19(23)22(18)12-14)13-21-10-4-6-15-5-2-3-7-17(15)21/h2-3,5,7-9,11-12H,4,6,10,13H2,1H3. The molecule has 1 aliphatic heterocycles. The summed E-state index contributed by atoms with van der Waals surface area (Å²) < 4.78 is 1.61. The van der Waals surface area contributed by atoms with Gasteiger partial charge in [-0.15, -0.1) is 0 Å². The van der Waals surface area contributed by atoms with Crippen molar-refractivity contribution in [2.45, 2.75) is 26.3 Å². The first-order valence-corrected chi connectivity index (χ1v) is 8.02. The van der Waals surface area contributed by atoms with Gasteiger partial charge in [-0.3, -0.25) is 9.20 Å². The van der Waals surface area contributed by atoms with Crippen LogP contribution in [0.5, 0.6) is 0 Å². The molecule has 0 bridgehead atoms. The van der Waals surface area contributed by atoms with Gasteiger partial charge in [0.25, 0.3) is 5.56 Å². The number of hydrogen-bond donors (Lipinski definition) is 0. The maximum Gasteiger partial charge on any atom is 0.258 e. The minimum absolute atomic E-state index is 0.0148. The first kappa shape index (κ1) is 14.0. The molecule has 23 heavy (non-hydrogen) atoms. The molecule has 0 atom stereocenters. The third kappa shape index (κ3) is 2.61. The van der Waals surface area contributed by atoms with Crippen molar-refractivity contribution in [2.75, 3.05) is 11.4 Å². The predicted molar refractivity (Wildman–Crippen MR) is 92.0 cm³/mol. The van der Waals surface area contributed by atoms with Gasteiger partial charge in [-0.2, -0.15) is 0 Å². The molecule has 2 aromatic heterocycles. The van der Waals surface area contributed by atoms with E-state index in [1.54, 1.807) is 10.5 Å². The molecule has 0 unspecified atom stereocenters. The highest BCUT2D eigenvalue weighted by Crippen LogP contribution is 2.27. The number of fused-ring (bicyclic) bond motifs is 2. The van der Waals surface area contributed by atoms with E-state index in [0.717, 1.165) is 30.6 Å². The molecular formula is C19H19N3O. The summed E-state index contributed by atoms with van der Waals surface area (Å²) in [5.41, 5.74) is 5.23. The maximum atomic E-state index is 12.3. The van der Waals surface area contributed by atoms with Crippen LogP contribution in [0.1, 0.15) is 23.2 Å². The Morgan fingerprint density at radius 3 is 2.96 bits per heavy atom. The molecule has 0 aliphatic carbocycles. The highest BCUT2D eigenvalue weighted by atomic mass is 16.1. The fraction of sp³-hybridized carbons (Fsp3) is 0.263. The van der Waals surface area contributed by atoms with E-state index in [-0.39, 0.29) is 5.56 Å². The molecule has 3 aromatic rings. The Morgan fingerprint density at radius 2 is 2.04 bits per heavy atom. The molecule has 0 fully saturated rings. The second-order valence-corrected chi connectivity index (χ2v) is 6.17. The maximum absolute atomic E-state index is 12.3. The Kier molecular flexibility index (Phi) is 3.37. The molecule has 1 aromatic carbocycles. The molecule has 116 valence electrons. The molecule has 0 spiro atoms. The summed E-state index contributed by atoms with van der Waals surface area (Å²) in [5, 5.41) is 0. The van der Waals surface area contributed by atoms with Crippen LogP contribution in [0.4, 0.5) is 5.69 Å². The highest BCUT2D eigenvalue weighted by Gasteiger charge is 2.17. The van der Waals surface area contributed by atoms with E-state index in [2.05, 4.69) is 34.1 Å². The topological polar surface area (TPSA) is 37.6 Å². The van der Waals surface area contributed by atoms with Crippen molar-refractivity contribution in [3.8, 4) is 0 Å². The van der Waals surface area contributed by atoms with Crippen molar-refractivity contribution in [3.63, 3.8) is 0 Å². The van der Waals surface area contributed by atoms with Crippen LogP contribution < -0.4 is 10.5 Å². The average molecular weight is 305 g/mol. The van der Waals surface area contributed by atoms with Gasteiger partial charge >= 0.3 is 0 Å². The summed E-state index contributed by atoms with van der Waals surface area (Å²) in [6.45, 7) is 3.66. The van der Waals surface area contributed by atoms with E-state index < -0.39 is 0 Å². The Bertz CT molecular complexity index is 929. The van der Waals surface area contributed by atoms with Crippen molar-refractivity contribution in [3.05, 3.63) is 75.8 Å². The van der Waals surface area contributed by atoms with E-state index in [9.17, 15) is 4.79 Å². The lowest BCUT2D eigenvalue weighted by atomic mass is 10.0. The van der Waals surface area contributed by atoms with Gasteiger partial charge in [0.2, 0.25) is 0 Å². The van der Waals surface area contributed by atoms with Crippen LogP contribution in [-0.2, 0) is 13.0 Å². The number of para-hydroxylation sites is 1. The van der Waals surface area contributed by atoms with Crippen LogP contribution in [-0.4, -0.2) is 15.9 Å². The van der Waals surface area contributed by atoms with Crippen LogP contribution in [0, 0.1) is 6.92 Å². The summed E-state index contributed by atoms with van der Waals surface area (Å²) in [6.07, 6.45) is 4.10. The van der Waals surface area contributed by atoms with E-state index in [4.69, 9.17) is 0 Å². The molecule has 0 N–H and O–H groups in total. The van der Waals surface area contributed by atoms with Gasteiger partial charge in [-0.1, -0.05) is 24.3 Å². The lowest BCUT2D eigenvalue weighted by molar-refractivity contribution is 0.683. The van der Waals surface area contributed by atoms with Gasteiger partial charge < -0.3 is 4.90 Å². The van der Waals surface area contributed by atoms with Crippen molar-refractivity contribution in [1.29, 1.82) is 0 Å². The van der Waals surface area contributed by atoms with Crippen LogP contribution in [0.2, 0.25) is 0 Å². The van der Waals surface area contributed by atoms with E-state index >= 15 is 0 Å². The summed E-state index contributed by atoms with van der Waals surface area (Å²) in [7, 11) is 0. The summed E-state index contributed by atoms with van der Waals surface area (Å²) in [4.78, 5) is 19.3. The Labute approximate surface area is 135 Å². The third-order valence-corrected chi connectivity index (χ3v) is 4.42. The van der Waals surface area contributed by atoms with Crippen LogP contribution in [0.25, 0.3) is 5.65 Å². The largest absolute Gasteiger partial charge is 0.365 e. The quantitative estimate of drug-likeness (QED) is 0.730. The third-order valence-electron chi connectivity index (χ3n) is 4.42. The van der Waals surface area contributed by atoms with Crippen molar-refractivity contribution in [2.24, 2.45) is 0 Å². The molecule has 4 nitrogen and oxygen atoms in total. The average Bonchev–Trinajstić information content (AvgIpc) is 2.56. The minimum atomic E-state index is -0.0148. The van der Waals surface area contributed by atoms with Crippen molar-refractivity contribution < 1.29 is 0 Å². The van der Waals surface area contributed by atoms with Gasteiger partial charge in [0.05, 0.1) is 12.2 Å². The molecule has 0 saturated heterocycles. The van der Waals surface area contributed by atoms with Crippen LogP contribution >= 0.6 is 0 Å². The highest BCUT2D eigenvalue weighted by molar-refractivity contribution is 5.55. The Morgan fingerprint density at radius 1 is 1.17 bits per heavy atom. The van der Waals surface area contributed by atoms with Crippen molar-refractivity contribution >= 4 is 11.3 Å². The minimum Gasteiger partial charge on any atom is -0.365 e. The zero-order valence-electron chi connectivity index (χ0n) is 13.2. The number of pyridine rings is 1. The molecule has 1 aliphatic rings. The monoisotopic (exact) mass is 305 g/mol. The fourth-order valence-corrected chi connectivity index (χ4v) is 3.31. The SMILES string of the molecule is Cc1ccc2nc(CN3CCCc4ccccc43)cc(=O)n2c1. The van der Waals surface area contributed by atoms with Gasteiger partial charge in [-0.05, 0) is 43.0 Å². The predicted octanol–water partition coefficient (Wildman–Crippen LogP) is 2.96. The summed E-state index contributed by atoms with van der Waals surface area (Å²) in [5.74, 6) is 0. The first-order chi connectivity index (χ1) is 11.2. The number of aromatic nitrogens is 2. The molecule has 0 amide bonds. The normalized spacial score (nSPS) is 14.0. The second kappa shape index (κ2) is 5.54. The van der Waals surface area contributed by atoms with Gasteiger partial charge in [0.15, 0.2) is 0 Å². The Balaban J connectivity index is 1.72. The van der Waals surface area contributed by atoms with Crippen LogP contribution in [0.15, 0.2) is 53.5 Å². The summed E-state index contributed by atoms with van der Waals surface area (Å²) >= 11 is 0. The van der Waals surface area contributed by atoms with E-state index in [1.807, 2.05) is 25.3 Å². The summed E-state index contributed by atoms with van der Waals surface area (Å²) in [6, 6.07) is 14.1. The molecule has 4 heteroatoms. The lowest BCUT2D eigenvalue weighted by Gasteiger charge is -2.31. The number of nitrogens with zero attached hydrogens (tertiary/aromatic N) is 3. The van der Waals surface area contributed by atoms with Crippen LogP contribution in [0.3, 0.4) is 0 Å².